The summed E-state index contributed by atoms with van der Waals surface area (Å²) in [6.45, 7) is 0.318. The zero-order valence-corrected chi connectivity index (χ0v) is 11.8. The lowest BCUT2D eigenvalue weighted by Gasteiger charge is -2.09. The van der Waals surface area contributed by atoms with Crippen LogP contribution in [0.2, 0.25) is 0 Å². The molecule has 0 aromatic heterocycles. The number of hydrogen-bond acceptors (Lipinski definition) is 1. The van der Waals surface area contributed by atoms with Crippen molar-refractivity contribution in [3.05, 3.63) is 63.9 Å². The molecule has 2 rings (SSSR count). The first-order valence-electron chi connectivity index (χ1n) is 5.41. The molecule has 18 heavy (non-hydrogen) atoms. The molecule has 0 aliphatic heterocycles. The Hall–Kier alpha value is -1.06. The van der Waals surface area contributed by atoms with Crippen LogP contribution in [0.25, 0.3) is 0 Å². The molecule has 4 heteroatoms. The molecule has 0 atom stereocenters. The van der Waals surface area contributed by atoms with Gasteiger partial charge in [-0.05, 0) is 23.8 Å². The molecular weight excluding hydrogens is 319 g/mol. The minimum Gasteiger partial charge on any atom is -0.486 e. The van der Waals surface area contributed by atoms with Crippen molar-refractivity contribution in [1.82, 2.24) is 0 Å². The van der Waals surface area contributed by atoms with Gasteiger partial charge in [-0.3, -0.25) is 0 Å². The molecule has 0 spiro atoms. The smallest absolute Gasteiger partial charge is 0.165 e. The fourth-order valence-corrected chi connectivity index (χ4v) is 2.08. The molecule has 0 unspecified atom stereocenters. The fourth-order valence-electron chi connectivity index (χ4n) is 1.52. The Balaban J connectivity index is 2.09. The second-order valence-electron chi connectivity index (χ2n) is 3.78. The summed E-state index contributed by atoms with van der Waals surface area (Å²) in [5, 5.41) is 0. The van der Waals surface area contributed by atoms with E-state index in [0.29, 0.717) is 12.5 Å². The van der Waals surface area contributed by atoms with Crippen LogP contribution in [0.5, 0.6) is 5.75 Å². The molecule has 0 heterocycles. The lowest BCUT2D eigenvalue weighted by molar-refractivity contribution is 0.289. The molecule has 2 aromatic rings. The normalized spacial score (nSPS) is 10.4. The number of alkyl halides is 1. The van der Waals surface area contributed by atoms with E-state index in [2.05, 4.69) is 15.9 Å². The molecule has 0 saturated heterocycles. The molecule has 0 aliphatic carbocycles. The summed E-state index contributed by atoms with van der Waals surface area (Å²) in [5.41, 5.74) is 1.71. The predicted octanol–water partition coefficient (Wildman–Crippen LogP) is 4.91. The van der Waals surface area contributed by atoms with Crippen LogP contribution in [0, 0.1) is 5.82 Å². The molecule has 94 valence electrons. The van der Waals surface area contributed by atoms with Crippen LogP contribution >= 0.6 is 27.5 Å². The van der Waals surface area contributed by atoms with E-state index in [1.807, 2.05) is 24.3 Å². The van der Waals surface area contributed by atoms with Crippen molar-refractivity contribution in [2.45, 2.75) is 12.5 Å². The van der Waals surface area contributed by atoms with Crippen LogP contribution in [0.3, 0.4) is 0 Å². The van der Waals surface area contributed by atoms with Crippen molar-refractivity contribution in [2.75, 3.05) is 0 Å². The summed E-state index contributed by atoms with van der Waals surface area (Å²) < 4.78 is 20.0. The number of rotatable bonds is 4. The molecule has 0 bridgehead atoms. The topological polar surface area (TPSA) is 9.23 Å². The third kappa shape index (κ3) is 3.24. The molecule has 0 saturated carbocycles. The summed E-state index contributed by atoms with van der Waals surface area (Å²) in [5.74, 6) is 0.140. The lowest BCUT2D eigenvalue weighted by Crippen LogP contribution is -1.98. The SMILES string of the molecule is Fc1cc(CCl)ccc1OCc1ccccc1Br. The van der Waals surface area contributed by atoms with E-state index >= 15 is 0 Å². The van der Waals surface area contributed by atoms with Gasteiger partial charge in [0.15, 0.2) is 11.6 Å². The molecule has 0 amide bonds. The first-order chi connectivity index (χ1) is 8.70. The molecule has 2 aromatic carbocycles. The highest BCUT2D eigenvalue weighted by atomic mass is 79.9. The number of halogens is 3. The van der Waals surface area contributed by atoms with E-state index < -0.39 is 0 Å². The lowest BCUT2D eigenvalue weighted by atomic mass is 10.2. The van der Waals surface area contributed by atoms with Gasteiger partial charge in [0, 0.05) is 15.9 Å². The van der Waals surface area contributed by atoms with Crippen molar-refractivity contribution >= 4 is 27.5 Å². The van der Waals surface area contributed by atoms with Crippen molar-refractivity contribution in [3.63, 3.8) is 0 Å². The van der Waals surface area contributed by atoms with E-state index in [1.54, 1.807) is 12.1 Å². The van der Waals surface area contributed by atoms with Crippen LogP contribution < -0.4 is 4.74 Å². The largest absolute Gasteiger partial charge is 0.486 e. The Morgan fingerprint density at radius 3 is 2.61 bits per heavy atom. The summed E-state index contributed by atoms with van der Waals surface area (Å²) >= 11 is 9.05. The van der Waals surface area contributed by atoms with Crippen LogP contribution in [-0.2, 0) is 12.5 Å². The third-order valence-corrected chi connectivity index (χ3v) is 3.57. The van der Waals surface area contributed by atoms with Gasteiger partial charge in [-0.2, -0.15) is 0 Å². The Bertz CT molecular complexity index is 545. The van der Waals surface area contributed by atoms with Gasteiger partial charge in [0.25, 0.3) is 0 Å². The standard InChI is InChI=1S/C14H11BrClFO/c15-12-4-2-1-3-11(12)9-18-14-6-5-10(8-16)7-13(14)17/h1-7H,8-9H2. The van der Waals surface area contributed by atoms with Gasteiger partial charge in [-0.25, -0.2) is 4.39 Å². The van der Waals surface area contributed by atoms with E-state index in [9.17, 15) is 4.39 Å². The Morgan fingerprint density at radius 1 is 1.17 bits per heavy atom. The van der Waals surface area contributed by atoms with Gasteiger partial charge in [-0.1, -0.05) is 40.2 Å². The van der Waals surface area contributed by atoms with E-state index in [4.69, 9.17) is 16.3 Å². The highest BCUT2D eigenvalue weighted by molar-refractivity contribution is 9.10. The maximum absolute atomic E-state index is 13.6. The number of benzene rings is 2. The van der Waals surface area contributed by atoms with Crippen molar-refractivity contribution in [1.29, 1.82) is 0 Å². The van der Waals surface area contributed by atoms with E-state index in [1.165, 1.54) is 6.07 Å². The Morgan fingerprint density at radius 2 is 1.94 bits per heavy atom. The highest BCUT2D eigenvalue weighted by Crippen LogP contribution is 2.22. The zero-order chi connectivity index (χ0) is 13.0. The first-order valence-corrected chi connectivity index (χ1v) is 6.74. The second-order valence-corrected chi connectivity index (χ2v) is 4.90. The highest BCUT2D eigenvalue weighted by Gasteiger charge is 2.06. The van der Waals surface area contributed by atoms with E-state index in [-0.39, 0.29) is 11.6 Å². The average molecular weight is 330 g/mol. The van der Waals surface area contributed by atoms with Crippen LogP contribution in [-0.4, -0.2) is 0 Å². The monoisotopic (exact) mass is 328 g/mol. The predicted molar refractivity (Wildman–Crippen MR) is 74.4 cm³/mol. The summed E-state index contributed by atoms with van der Waals surface area (Å²) in [6.07, 6.45) is 0. The Kier molecular flexibility index (Phi) is 4.61. The van der Waals surface area contributed by atoms with Gasteiger partial charge >= 0.3 is 0 Å². The van der Waals surface area contributed by atoms with Crippen molar-refractivity contribution in [3.8, 4) is 5.75 Å². The van der Waals surface area contributed by atoms with Gasteiger partial charge in [0.2, 0.25) is 0 Å². The maximum atomic E-state index is 13.6. The molecular formula is C14H11BrClFO. The van der Waals surface area contributed by atoms with Gasteiger partial charge in [0.1, 0.15) is 6.61 Å². The number of hydrogen-bond donors (Lipinski definition) is 0. The zero-order valence-electron chi connectivity index (χ0n) is 9.50. The van der Waals surface area contributed by atoms with Crippen LogP contribution in [0.15, 0.2) is 46.9 Å². The molecule has 0 fully saturated rings. The minimum atomic E-state index is -0.389. The maximum Gasteiger partial charge on any atom is 0.165 e. The molecule has 0 aliphatic rings. The minimum absolute atomic E-state index is 0.236. The van der Waals surface area contributed by atoms with Crippen LogP contribution in [0.1, 0.15) is 11.1 Å². The summed E-state index contributed by atoms with van der Waals surface area (Å²) in [7, 11) is 0. The van der Waals surface area contributed by atoms with Crippen molar-refractivity contribution < 1.29 is 9.13 Å². The van der Waals surface area contributed by atoms with Gasteiger partial charge in [-0.15, -0.1) is 11.6 Å². The van der Waals surface area contributed by atoms with E-state index in [0.717, 1.165) is 15.6 Å². The van der Waals surface area contributed by atoms with Crippen molar-refractivity contribution in [2.24, 2.45) is 0 Å². The van der Waals surface area contributed by atoms with Gasteiger partial charge in [0.05, 0.1) is 0 Å². The molecule has 0 radical (unpaired) electrons. The third-order valence-electron chi connectivity index (χ3n) is 2.49. The number of ether oxygens (including phenoxy) is 1. The first kappa shape index (κ1) is 13.4. The quantitative estimate of drug-likeness (QED) is 0.725. The average Bonchev–Trinajstić information content (AvgIpc) is 2.39. The Labute approximate surface area is 119 Å². The molecule has 1 nitrogen and oxygen atoms in total. The molecule has 0 N–H and O–H groups in total. The second kappa shape index (κ2) is 6.21. The summed E-state index contributed by atoms with van der Waals surface area (Å²) in [4.78, 5) is 0. The van der Waals surface area contributed by atoms with Gasteiger partial charge < -0.3 is 4.74 Å². The van der Waals surface area contributed by atoms with Crippen LogP contribution in [0.4, 0.5) is 4.39 Å². The fraction of sp³-hybridized carbons (Fsp3) is 0.143. The summed E-state index contributed by atoms with van der Waals surface area (Å²) in [6, 6.07) is 12.4.